The first-order valence-corrected chi connectivity index (χ1v) is 11.3. The van der Waals surface area contributed by atoms with Gasteiger partial charge >= 0.3 is 0 Å². The van der Waals surface area contributed by atoms with Crippen LogP contribution in [0.4, 0.5) is 0 Å². The number of carbonyl (C=O) groups excluding carboxylic acids is 1. The van der Waals surface area contributed by atoms with Gasteiger partial charge in [0.1, 0.15) is 0 Å². The third-order valence-corrected chi connectivity index (χ3v) is 7.06. The maximum atomic E-state index is 12.6. The third-order valence-electron chi connectivity index (χ3n) is 5.10. The van der Waals surface area contributed by atoms with Crippen molar-refractivity contribution < 1.29 is 13.2 Å². The average Bonchev–Trinajstić information content (AvgIpc) is 2.73. The molecule has 1 N–H and O–H groups in total. The molecule has 7 heteroatoms. The quantitative estimate of drug-likeness (QED) is 0.737. The van der Waals surface area contributed by atoms with Gasteiger partial charge in [-0.1, -0.05) is 36.4 Å². The highest BCUT2D eigenvalue weighted by atomic mass is 32.2. The molecule has 1 aromatic heterocycles. The summed E-state index contributed by atoms with van der Waals surface area (Å²) in [5.74, 6) is -0.00965. The summed E-state index contributed by atoms with van der Waals surface area (Å²) in [7, 11) is -3.27. The second-order valence-corrected chi connectivity index (χ2v) is 9.21. The molecule has 1 saturated heterocycles. The van der Waals surface area contributed by atoms with E-state index in [0.717, 1.165) is 17.7 Å². The van der Waals surface area contributed by atoms with Crippen LogP contribution in [-0.4, -0.2) is 42.5 Å². The first-order valence-electron chi connectivity index (χ1n) is 9.74. The number of hydrogen-bond acceptors (Lipinski definition) is 4. The number of carbonyl (C=O) groups is 1. The number of sulfonamides is 1. The number of amides is 1. The highest BCUT2D eigenvalue weighted by Crippen LogP contribution is 2.21. The molecule has 1 fully saturated rings. The van der Waals surface area contributed by atoms with Crippen molar-refractivity contribution in [3.05, 3.63) is 66.0 Å². The Kier molecular flexibility index (Phi) is 7.17. The SMILES string of the molecule is O=C(NCc1ccccn1)C1CCN(S(=O)(=O)CCCc2ccccc2)CC1. The summed E-state index contributed by atoms with van der Waals surface area (Å²) in [6.45, 7) is 1.22. The molecule has 1 aliphatic heterocycles. The Balaban J connectivity index is 1.41. The Labute approximate surface area is 167 Å². The highest BCUT2D eigenvalue weighted by molar-refractivity contribution is 7.89. The first kappa shape index (κ1) is 20.5. The molecular formula is C21H27N3O3S. The van der Waals surface area contributed by atoms with E-state index in [1.54, 1.807) is 10.5 Å². The van der Waals surface area contributed by atoms with E-state index < -0.39 is 10.0 Å². The molecule has 2 aromatic rings. The number of nitrogens with one attached hydrogen (secondary N) is 1. The largest absolute Gasteiger partial charge is 0.350 e. The predicted molar refractivity (Wildman–Crippen MR) is 109 cm³/mol. The van der Waals surface area contributed by atoms with Crippen molar-refractivity contribution in [3.63, 3.8) is 0 Å². The smallest absolute Gasteiger partial charge is 0.223 e. The number of benzene rings is 1. The molecule has 0 saturated carbocycles. The summed E-state index contributed by atoms with van der Waals surface area (Å²) < 4.78 is 26.7. The minimum atomic E-state index is -3.27. The van der Waals surface area contributed by atoms with E-state index in [-0.39, 0.29) is 17.6 Å². The maximum Gasteiger partial charge on any atom is 0.223 e. The van der Waals surface area contributed by atoms with Crippen LogP contribution in [-0.2, 0) is 27.8 Å². The molecule has 1 aromatic carbocycles. The van der Waals surface area contributed by atoms with Crippen LogP contribution < -0.4 is 5.32 Å². The number of hydrogen-bond donors (Lipinski definition) is 1. The molecule has 3 rings (SSSR count). The molecule has 1 amide bonds. The van der Waals surface area contributed by atoms with Crippen molar-refractivity contribution in [3.8, 4) is 0 Å². The van der Waals surface area contributed by atoms with Gasteiger partial charge in [-0.2, -0.15) is 0 Å². The molecule has 0 radical (unpaired) electrons. The molecule has 6 nitrogen and oxygen atoms in total. The topological polar surface area (TPSA) is 79.4 Å². The lowest BCUT2D eigenvalue weighted by Crippen LogP contribution is -2.43. The van der Waals surface area contributed by atoms with Gasteiger partial charge in [-0.3, -0.25) is 9.78 Å². The van der Waals surface area contributed by atoms with Crippen LogP contribution in [0.5, 0.6) is 0 Å². The number of nitrogens with zero attached hydrogens (tertiary/aromatic N) is 2. The lowest BCUT2D eigenvalue weighted by Gasteiger charge is -2.30. The van der Waals surface area contributed by atoms with Crippen molar-refractivity contribution >= 4 is 15.9 Å². The van der Waals surface area contributed by atoms with Crippen molar-refractivity contribution in [1.82, 2.24) is 14.6 Å². The van der Waals surface area contributed by atoms with Gasteiger partial charge in [0.15, 0.2) is 0 Å². The number of aromatic nitrogens is 1. The molecule has 0 bridgehead atoms. The van der Waals surface area contributed by atoms with Gasteiger partial charge < -0.3 is 5.32 Å². The van der Waals surface area contributed by atoms with E-state index in [1.165, 1.54) is 0 Å². The maximum absolute atomic E-state index is 12.6. The van der Waals surface area contributed by atoms with E-state index in [0.29, 0.717) is 38.9 Å². The van der Waals surface area contributed by atoms with Crippen LogP contribution in [0.3, 0.4) is 0 Å². The van der Waals surface area contributed by atoms with Gasteiger partial charge in [0.2, 0.25) is 15.9 Å². The molecular weight excluding hydrogens is 374 g/mol. The molecule has 28 heavy (non-hydrogen) atoms. The standard InChI is InChI=1S/C21H27N3O3S/c25-21(23-17-20-10-4-5-13-22-20)19-11-14-24(15-12-19)28(26,27)16-6-9-18-7-2-1-3-8-18/h1-5,7-8,10,13,19H,6,9,11-12,14-17H2,(H,23,25). The van der Waals surface area contributed by atoms with E-state index in [9.17, 15) is 13.2 Å². The zero-order valence-electron chi connectivity index (χ0n) is 16.0. The fourth-order valence-corrected chi connectivity index (χ4v) is 4.99. The Morgan fingerprint density at radius 1 is 1.07 bits per heavy atom. The van der Waals surface area contributed by atoms with E-state index in [4.69, 9.17) is 0 Å². The van der Waals surface area contributed by atoms with Crippen molar-refractivity contribution in [2.24, 2.45) is 5.92 Å². The van der Waals surface area contributed by atoms with E-state index in [2.05, 4.69) is 10.3 Å². The monoisotopic (exact) mass is 401 g/mol. The van der Waals surface area contributed by atoms with Crippen LogP contribution in [0, 0.1) is 5.92 Å². The van der Waals surface area contributed by atoms with Crippen LogP contribution in [0.25, 0.3) is 0 Å². The number of piperidine rings is 1. The van der Waals surface area contributed by atoms with Gasteiger partial charge in [-0.25, -0.2) is 12.7 Å². The minimum Gasteiger partial charge on any atom is -0.350 e. The zero-order valence-corrected chi connectivity index (χ0v) is 16.8. The number of aryl methyl sites for hydroxylation is 1. The Bertz CT molecular complexity index is 849. The summed E-state index contributed by atoms with van der Waals surface area (Å²) >= 11 is 0. The first-order chi connectivity index (χ1) is 13.5. The third kappa shape index (κ3) is 5.87. The molecule has 2 heterocycles. The van der Waals surface area contributed by atoms with Gasteiger partial charge in [0.25, 0.3) is 0 Å². The summed E-state index contributed by atoms with van der Waals surface area (Å²) in [5.41, 5.74) is 1.97. The Hall–Kier alpha value is -2.25. The highest BCUT2D eigenvalue weighted by Gasteiger charge is 2.30. The molecule has 0 unspecified atom stereocenters. The minimum absolute atomic E-state index is 0.0215. The van der Waals surface area contributed by atoms with Gasteiger partial charge in [0, 0.05) is 25.2 Å². The van der Waals surface area contributed by atoms with Crippen LogP contribution in [0.15, 0.2) is 54.7 Å². The molecule has 0 spiro atoms. The fraction of sp³-hybridized carbons (Fsp3) is 0.429. The Morgan fingerprint density at radius 3 is 2.46 bits per heavy atom. The summed E-state index contributed by atoms with van der Waals surface area (Å²) in [6, 6.07) is 15.5. The predicted octanol–water partition coefficient (Wildman–Crippen LogP) is 2.37. The van der Waals surface area contributed by atoms with E-state index >= 15 is 0 Å². The van der Waals surface area contributed by atoms with E-state index in [1.807, 2.05) is 48.5 Å². The molecule has 0 atom stereocenters. The van der Waals surface area contributed by atoms with Gasteiger partial charge in [-0.15, -0.1) is 0 Å². The number of pyridine rings is 1. The number of rotatable bonds is 8. The fourth-order valence-electron chi connectivity index (χ4n) is 3.45. The Morgan fingerprint density at radius 2 is 1.79 bits per heavy atom. The molecule has 0 aliphatic carbocycles. The summed E-state index contributed by atoms with van der Waals surface area (Å²) in [6.07, 6.45) is 4.18. The van der Waals surface area contributed by atoms with Crippen molar-refractivity contribution in [1.29, 1.82) is 0 Å². The second kappa shape index (κ2) is 9.80. The second-order valence-electron chi connectivity index (χ2n) is 7.12. The summed E-state index contributed by atoms with van der Waals surface area (Å²) in [5, 5.41) is 2.91. The summed E-state index contributed by atoms with van der Waals surface area (Å²) in [4.78, 5) is 16.5. The van der Waals surface area contributed by atoms with Crippen LogP contribution in [0.1, 0.15) is 30.5 Å². The van der Waals surface area contributed by atoms with Gasteiger partial charge in [-0.05, 0) is 43.4 Å². The lowest BCUT2D eigenvalue weighted by molar-refractivity contribution is -0.126. The van der Waals surface area contributed by atoms with Crippen molar-refractivity contribution in [2.75, 3.05) is 18.8 Å². The van der Waals surface area contributed by atoms with Crippen LogP contribution in [0.2, 0.25) is 0 Å². The normalized spacial score (nSPS) is 16.0. The van der Waals surface area contributed by atoms with Crippen LogP contribution >= 0.6 is 0 Å². The van der Waals surface area contributed by atoms with Gasteiger partial charge in [0.05, 0.1) is 18.0 Å². The molecule has 150 valence electrons. The lowest BCUT2D eigenvalue weighted by atomic mass is 9.97. The zero-order chi connectivity index (χ0) is 19.8. The average molecular weight is 402 g/mol. The molecule has 1 aliphatic rings. The van der Waals surface area contributed by atoms with Crippen molar-refractivity contribution in [2.45, 2.75) is 32.2 Å².